The van der Waals surface area contributed by atoms with E-state index in [2.05, 4.69) is 0 Å². The Bertz CT molecular complexity index is 726. The van der Waals surface area contributed by atoms with E-state index in [1.807, 2.05) is 54.6 Å². The minimum Gasteiger partial charge on any atom is -0.489 e. The van der Waals surface area contributed by atoms with E-state index in [9.17, 15) is 8.42 Å². The molecule has 0 saturated heterocycles. The summed E-state index contributed by atoms with van der Waals surface area (Å²) < 4.78 is 38.5. The van der Waals surface area contributed by atoms with Crippen molar-refractivity contribution in [1.29, 1.82) is 0 Å². The zero-order chi connectivity index (χ0) is 18.1. The molecule has 2 aromatic rings. The Labute approximate surface area is 149 Å². The molecule has 0 saturated carbocycles. The van der Waals surface area contributed by atoms with E-state index >= 15 is 0 Å². The second-order valence-electron chi connectivity index (χ2n) is 5.64. The highest BCUT2D eigenvalue weighted by Crippen LogP contribution is 2.17. The number of hydrogen-bond acceptors (Lipinski definition) is 5. The molecule has 0 N–H and O–H groups in total. The first-order chi connectivity index (χ1) is 12.0. The average molecular weight is 364 g/mol. The van der Waals surface area contributed by atoms with Crippen LogP contribution in [0.1, 0.15) is 24.5 Å². The first-order valence-electron chi connectivity index (χ1n) is 8.22. The summed E-state index contributed by atoms with van der Waals surface area (Å²) in [6.45, 7) is 2.72. The van der Waals surface area contributed by atoms with E-state index in [1.165, 1.54) is 0 Å². The van der Waals surface area contributed by atoms with Crippen LogP contribution in [0, 0.1) is 0 Å². The van der Waals surface area contributed by atoms with Gasteiger partial charge in [0.15, 0.2) is 6.29 Å². The SMILES string of the molecule is CCOC(CCc1ccc(OCc2ccccc2)cc1)OS(C)(=O)=O. The van der Waals surface area contributed by atoms with Crippen LogP contribution in [0.15, 0.2) is 54.6 Å². The van der Waals surface area contributed by atoms with E-state index in [0.29, 0.717) is 26.1 Å². The molecule has 0 bridgehead atoms. The number of aryl methyl sites for hydroxylation is 1. The lowest BCUT2D eigenvalue weighted by Crippen LogP contribution is -2.21. The predicted octanol–water partition coefficient (Wildman–Crippen LogP) is 3.54. The fraction of sp³-hybridized carbons (Fsp3) is 0.368. The molecule has 1 unspecified atom stereocenters. The molecular weight excluding hydrogens is 340 g/mol. The van der Waals surface area contributed by atoms with Crippen LogP contribution in [0.5, 0.6) is 5.75 Å². The number of hydrogen-bond donors (Lipinski definition) is 0. The van der Waals surface area contributed by atoms with Crippen molar-refractivity contribution in [2.24, 2.45) is 0 Å². The zero-order valence-electron chi connectivity index (χ0n) is 14.6. The second-order valence-corrected chi connectivity index (χ2v) is 7.24. The van der Waals surface area contributed by atoms with Crippen LogP contribution >= 0.6 is 0 Å². The Hall–Kier alpha value is -1.89. The Balaban J connectivity index is 1.84. The van der Waals surface area contributed by atoms with E-state index in [0.717, 1.165) is 23.1 Å². The van der Waals surface area contributed by atoms with Crippen molar-refractivity contribution in [2.75, 3.05) is 12.9 Å². The number of ether oxygens (including phenoxy) is 2. The van der Waals surface area contributed by atoms with Crippen molar-refractivity contribution in [1.82, 2.24) is 0 Å². The van der Waals surface area contributed by atoms with Crippen molar-refractivity contribution in [3.8, 4) is 5.75 Å². The molecule has 6 heteroatoms. The van der Waals surface area contributed by atoms with Gasteiger partial charge in [0, 0.05) is 13.0 Å². The molecule has 0 spiro atoms. The Morgan fingerprint density at radius 3 is 2.24 bits per heavy atom. The van der Waals surface area contributed by atoms with Crippen molar-refractivity contribution in [2.45, 2.75) is 32.7 Å². The third kappa shape index (κ3) is 7.69. The van der Waals surface area contributed by atoms with Gasteiger partial charge in [0.1, 0.15) is 12.4 Å². The minimum atomic E-state index is -3.54. The molecule has 0 fully saturated rings. The third-order valence-electron chi connectivity index (χ3n) is 3.48. The molecule has 0 radical (unpaired) electrons. The van der Waals surface area contributed by atoms with Crippen molar-refractivity contribution >= 4 is 10.1 Å². The normalized spacial score (nSPS) is 12.7. The van der Waals surface area contributed by atoms with Gasteiger partial charge in [-0.15, -0.1) is 0 Å². The van der Waals surface area contributed by atoms with Gasteiger partial charge in [0.2, 0.25) is 0 Å². The lowest BCUT2D eigenvalue weighted by molar-refractivity contribution is -0.0749. The van der Waals surface area contributed by atoms with Gasteiger partial charge in [-0.2, -0.15) is 8.42 Å². The summed E-state index contributed by atoms with van der Waals surface area (Å²) in [5.74, 6) is 0.793. The fourth-order valence-corrected chi connectivity index (χ4v) is 2.86. The molecule has 25 heavy (non-hydrogen) atoms. The van der Waals surface area contributed by atoms with Crippen LogP contribution in [-0.2, 0) is 32.1 Å². The average Bonchev–Trinajstić information content (AvgIpc) is 2.59. The van der Waals surface area contributed by atoms with Gasteiger partial charge in [-0.05, 0) is 36.6 Å². The van der Waals surface area contributed by atoms with E-state index < -0.39 is 16.4 Å². The molecule has 0 aliphatic heterocycles. The summed E-state index contributed by atoms with van der Waals surface area (Å²) in [7, 11) is -3.54. The lowest BCUT2D eigenvalue weighted by Gasteiger charge is -2.16. The maximum absolute atomic E-state index is 11.2. The highest BCUT2D eigenvalue weighted by atomic mass is 32.2. The standard InChI is InChI=1S/C19H24O5S/c1-3-22-19(24-25(2,20)21)14-11-16-9-12-18(13-10-16)23-15-17-7-5-4-6-8-17/h4-10,12-13,19H,3,11,14-15H2,1-2H3. The molecule has 1 atom stereocenters. The van der Waals surface area contributed by atoms with Gasteiger partial charge in [-0.1, -0.05) is 42.5 Å². The van der Waals surface area contributed by atoms with Crippen LogP contribution in [-0.4, -0.2) is 27.6 Å². The smallest absolute Gasteiger partial charge is 0.266 e. The highest BCUT2D eigenvalue weighted by molar-refractivity contribution is 7.86. The molecule has 0 aromatic heterocycles. The van der Waals surface area contributed by atoms with Crippen LogP contribution in [0.4, 0.5) is 0 Å². The molecule has 2 rings (SSSR count). The summed E-state index contributed by atoms with van der Waals surface area (Å²) in [6, 6.07) is 17.7. The van der Waals surface area contributed by atoms with Gasteiger partial charge in [-0.25, -0.2) is 4.18 Å². The molecule has 0 heterocycles. The first kappa shape index (κ1) is 19.4. The van der Waals surface area contributed by atoms with Gasteiger partial charge in [0.25, 0.3) is 10.1 Å². The van der Waals surface area contributed by atoms with Crippen LogP contribution < -0.4 is 4.74 Å². The van der Waals surface area contributed by atoms with Crippen molar-refractivity contribution < 1.29 is 22.1 Å². The molecule has 5 nitrogen and oxygen atoms in total. The predicted molar refractivity (Wildman–Crippen MR) is 96.9 cm³/mol. The summed E-state index contributed by atoms with van der Waals surface area (Å²) in [4.78, 5) is 0. The first-order valence-corrected chi connectivity index (χ1v) is 10.0. The van der Waals surface area contributed by atoms with Crippen molar-refractivity contribution in [3.63, 3.8) is 0 Å². The summed E-state index contributed by atoms with van der Waals surface area (Å²) >= 11 is 0. The number of benzene rings is 2. The lowest BCUT2D eigenvalue weighted by atomic mass is 10.1. The largest absolute Gasteiger partial charge is 0.489 e. The zero-order valence-corrected chi connectivity index (χ0v) is 15.4. The molecule has 136 valence electrons. The van der Waals surface area contributed by atoms with Crippen LogP contribution in [0.2, 0.25) is 0 Å². The molecular formula is C19H24O5S. The monoisotopic (exact) mass is 364 g/mol. The van der Waals surface area contributed by atoms with Gasteiger partial charge in [0.05, 0.1) is 6.26 Å². The summed E-state index contributed by atoms with van der Waals surface area (Å²) in [6.07, 6.45) is 1.39. The molecule has 0 aliphatic carbocycles. The maximum atomic E-state index is 11.2. The van der Waals surface area contributed by atoms with Crippen LogP contribution in [0.25, 0.3) is 0 Å². The second kappa shape index (κ2) is 9.56. The highest BCUT2D eigenvalue weighted by Gasteiger charge is 2.15. The van der Waals surface area contributed by atoms with Gasteiger partial charge >= 0.3 is 0 Å². The fourth-order valence-electron chi connectivity index (χ4n) is 2.32. The minimum absolute atomic E-state index is 0.395. The molecule has 0 aliphatic rings. The van der Waals surface area contributed by atoms with E-state index in [-0.39, 0.29) is 0 Å². The summed E-state index contributed by atoms with van der Waals surface area (Å²) in [5, 5.41) is 0. The Morgan fingerprint density at radius 2 is 1.64 bits per heavy atom. The van der Waals surface area contributed by atoms with Crippen LogP contribution in [0.3, 0.4) is 0 Å². The Morgan fingerprint density at radius 1 is 0.960 bits per heavy atom. The quantitative estimate of drug-likeness (QED) is 0.477. The molecule has 2 aromatic carbocycles. The third-order valence-corrected chi connectivity index (χ3v) is 4.04. The maximum Gasteiger partial charge on any atom is 0.266 e. The number of rotatable bonds is 10. The molecule has 0 amide bonds. The Kier molecular flexibility index (Phi) is 7.43. The summed E-state index contributed by atoms with van der Waals surface area (Å²) in [5.41, 5.74) is 2.18. The topological polar surface area (TPSA) is 61.8 Å². The van der Waals surface area contributed by atoms with Crippen molar-refractivity contribution in [3.05, 3.63) is 65.7 Å². The van der Waals surface area contributed by atoms with Gasteiger partial charge in [-0.3, -0.25) is 0 Å². The van der Waals surface area contributed by atoms with E-state index in [1.54, 1.807) is 6.92 Å². The van der Waals surface area contributed by atoms with Gasteiger partial charge < -0.3 is 9.47 Å². The van der Waals surface area contributed by atoms with E-state index in [4.69, 9.17) is 13.7 Å².